The highest BCUT2D eigenvalue weighted by Gasteiger charge is 2.33. The number of aryl methyl sites for hydroxylation is 1. The van der Waals surface area contributed by atoms with Crippen molar-refractivity contribution in [2.45, 2.75) is 19.1 Å². The Morgan fingerprint density at radius 1 is 1.12 bits per heavy atom. The Labute approximate surface area is 135 Å². The number of hydrogen-bond acceptors (Lipinski definition) is 3. The minimum absolute atomic E-state index is 0.0646. The predicted molar refractivity (Wildman–Crippen MR) is 79.8 cm³/mol. The Balaban J connectivity index is 2.27. The number of nitrogens with two attached hydrogens (primary N) is 1. The quantitative estimate of drug-likeness (QED) is 0.898. The van der Waals surface area contributed by atoms with Crippen LogP contribution in [0.5, 0.6) is 0 Å². The zero-order chi connectivity index (χ0) is 17.9. The van der Waals surface area contributed by atoms with Crippen LogP contribution in [0.1, 0.15) is 33.4 Å². The summed E-state index contributed by atoms with van der Waals surface area (Å²) in [6.45, 7) is 1.28. The van der Waals surface area contributed by atoms with Gasteiger partial charge in [0.15, 0.2) is 0 Å². The second-order valence-electron chi connectivity index (χ2n) is 5.05. The molecule has 2 rings (SSSR count). The molecule has 0 saturated heterocycles. The first-order valence-corrected chi connectivity index (χ1v) is 6.90. The highest BCUT2D eigenvalue weighted by Crippen LogP contribution is 2.28. The molecule has 5 nitrogen and oxygen atoms in total. The molecule has 0 aliphatic carbocycles. The standard InChI is InChI=1S/C16H14F3N3O2/c1-9-11(7-8-12(21-9)16(17,18)19)15(24)22-13(14(20)23)10-5-3-2-4-6-10/h2-8,13H,1H3,(H2,20,23)(H,22,24)/t13-/m1/s1. The normalized spacial score (nSPS) is 12.5. The minimum atomic E-state index is -4.60. The van der Waals surface area contributed by atoms with Crippen LogP contribution in [0.15, 0.2) is 42.5 Å². The van der Waals surface area contributed by atoms with Crippen molar-refractivity contribution in [2.75, 3.05) is 0 Å². The number of pyridine rings is 1. The van der Waals surface area contributed by atoms with Gasteiger partial charge in [-0.25, -0.2) is 4.98 Å². The summed E-state index contributed by atoms with van der Waals surface area (Å²) in [4.78, 5) is 27.2. The lowest BCUT2D eigenvalue weighted by atomic mass is 10.1. The molecule has 0 spiro atoms. The number of benzene rings is 1. The molecule has 126 valence electrons. The Morgan fingerprint density at radius 3 is 2.25 bits per heavy atom. The lowest BCUT2D eigenvalue weighted by Gasteiger charge is -2.17. The van der Waals surface area contributed by atoms with Crippen molar-refractivity contribution >= 4 is 11.8 Å². The van der Waals surface area contributed by atoms with E-state index >= 15 is 0 Å². The van der Waals surface area contributed by atoms with Crippen molar-refractivity contribution in [1.29, 1.82) is 0 Å². The van der Waals surface area contributed by atoms with Gasteiger partial charge in [0.2, 0.25) is 5.91 Å². The van der Waals surface area contributed by atoms with Crippen LogP contribution >= 0.6 is 0 Å². The molecular formula is C16H14F3N3O2. The molecule has 24 heavy (non-hydrogen) atoms. The van der Waals surface area contributed by atoms with E-state index in [1.807, 2.05) is 0 Å². The number of primary amides is 1. The van der Waals surface area contributed by atoms with Crippen molar-refractivity contribution in [1.82, 2.24) is 10.3 Å². The molecule has 0 bridgehead atoms. The van der Waals surface area contributed by atoms with Crippen LogP contribution in [-0.2, 0) is 11.0 Å². The van der Waals surface area contributed by atoms with E-state index in [9.17, 15) is 22.8 Å². The molecule has 1 atom stereocenters. The molecule has 0 fully saturated rings. The zero-order valence-electron chi connectivity index (χ0n) is 12.6. The Bertz CT molecular complexity index is 761. The van der Waals surface area contributed by atoms with E-state index in [1.54, 1.807) is 30.3 Å². The van der Waals surface area contributed by atoms with Gasteiger partial charge in [0, 0.05) is 0 Å². The molecule has 1 heterocycles. The lowest BCUT2D eigenvalue weighted by molar-refractivity contribution is -0.141. The minimum Gasteiger partial charge on any atom is -0.368 e. The fourth-order valence-corrected chi connectivity index (χ4v) is 2.13. The molecule has 1 aromatic carbocycles. The summed E-state index contributed by atoms with van der Waals surface area (Å²) >= 11 is 0. The largest absolute Gasteiger partial charge is 0.433 e. The van der Waals surface area contributed by atoms with Crippen LogP contribution in [0.3, 0.4) is 0 Å². The Hall–Kier alpha value is -2.90. The number of rotatable bonds is 4. The maximum atomic E-state index is 12.6. The van der Waals surface area contributed by atoms with E-state index in [4.69, 9.17) is 5.73 Å². The SMILES string of the molecule is Cc1nc(C(F)(F)F)ccc1C(=O)N[C@@H](C(N)=O)c1ccccc1. The van der Waals surface area contributed by atoms with Gasteiger partial charge < -0.3 is 11.1 Å². The van der Waals surface area contributed by atoms with E-state index < -0.39 is 29.7 Å². The highest BCUT2D eigenvalue weighted by molar-refractivity contribution is 5.98. The highest BCUT2D eigenvalue weighted by atomic mass is 19.4. The number of aromatic nitrogens is 1. The summed E-state index contributed by atoms with van der Waals surface area (Å²) in [6.07, 6.45) is -4.60. The van der Waals surface area contributed by atoms with Gasteiger partial charge in [0.05, 0.1) is 11.3 Å². The van der Waals surface area contributed by atoms with E-state index in [1.165, 1.54) is 6.92 Å². The van der Waals surface area contributed by atoms with Crippen LogP contribution in [0.2, 0.25) is 0 Å². The first-order valence-electron chi connectivity index (χ1n) is 6.90. The molecule has 8 heteroatoms. The van der Waals surface area contributed by atoms with Crippen LogP contribution in [-0.4, -0.2) is 16.8 Å². The van der Waals surface area contributed by atoms with E-state index in [0.717, 1.165) is 6.07 Å². The fraction of sp³-hybridized carbons (Fsp3) is 0.188. The number of hydrogen-bond donors (Lipinski definition) is 2. The van der Waals surface area contributed by atoms with Gasteiger partial charge in [0.1, 0.15) is 11.7 Å². The summed E-state index contributed by atoms with van der Waals surface area (Å²) in [5.74, 6) is -1.52. The Morgan fingerprint density at radius 2 is 1.75 bits per heavy atom. The first-order chi connectivity index (χ1) is 11.2. The molecule has 1 aromatic heterocycles. The van der Waals surface area contributed by atoms with Gasteiger partial charge in [-0.05, 0) is 24.6 Å². The van der Waals surface area contributed by atoms with Crippen molar-refractivity contribution in [3.63, 3.8) is 0 Å². The van der Waals surface area contributed by atoms with Gasteiger partial charge in [-0.2, -0.15) is 13.2 Å². The number of halogens is 3. The summed E-state index contributed by atoms with van der Waals surface area (Å²) in [5.41, 5.74) is 4.51. The smallest absolute Gasteiger partial charge is 0.368 e. The third-order valence-electron chi connectivity index (χ3n) is 3.31. The van der Waals surface area contributed by atoms with E-state index in [-0.39, 0.29) is 11.3 Å². The van der Waals surface area contributed by atoms with Gasteiger partial charge in [-0.3, -0.25) is 9.59 Å². The molecule has 2 aromatic rings. The summed E-state index contributed by atoms with van der Waals surface area (Å²) in [5, 5.41) is 2.41. The summed E-state index contributed by atoms with van der Waals surface area (Å²) < 4.78 is 37.8. The van der Waals surface area contributed by atoms with Crippen molar-refractivity contribution < 1.29 is 22.8 Å². The van der Waals surface area contributed by atoms with Crippen LogP contribution < -0.4 is 11.1 Å². The zero-order valence-corrected chi connectivity index (χ0v) is 12.6. The molecule has 0 aliphatic heterocycles. The molecule has 0 unspecified atom stereocenters. The monoisotopic (exact) mass is 337 g/mol. The number of nitrogens with one attached hydrogen (secondary N) is 1. The molecule has 0 saturated carbocycles. The van der Waals surface area contributed by atoms with Crippen LogP contribution in [0.25, 0.3) is 0 Å². The number of carbonyl (C=O) groups excluding carboxylic acids is 2. The van der Waals surface area contributed by atoms with Crippen molar-refractivity contribution in [3.05, 3.63) is 65.0 Å². The topological polar surface area (TPSA) is 85.1 Å². The Kier molecular flexibility index (Phi) is 4.87. The molecular weight excluding hydrogens is 323 g/mol. The number of amides is 2. The van der Waals surface area contributed by atoms with E-state index in [2.05, 4.69) is 10.3 Å². The van der Waals surface area contributed by atoms with Crippen molar-refractivity contribution in [3.8, 4) is 0 Å². The molecule has 3 N–H and O–H groups in total. The first kappa shape index (κ1) is 17.5. The average Bonchev–Trinajstić information content (AvgIpc) is 2.52. The number of alkyl halides is 3. The lowest BCUT2D eigenvalue weighted by Crippen LogP contribution is -2.37. The third kappa shape index (κ3) is 3.89. The fourth-order valence-electron chi connectivity index (χ4n) is 2.13. The van der Waals surface area contributed by atoms with Gasteiger partial charge in [-0.15, -0.1) is 0 Å². The van der Waals surface area contributed by atoms with E-state index in [0.29, 0.717) is 11.6 Å². The molecule has 0 aliphatic rings. The maximum absolute atomic E-state index is 12.6. The summed E-state index contributed by atoms with van der Waals surface area (Å²) in [7, 11) is 0. The number of nitrogens with zero attached hydrogens (tertiary/aromatic N) is 1. The summed E-state index contributed by atoms with van der Waals surface area (Å²) in [6, 6.07) is 8.91. The number of carbonyl (C=O) groups is 2. The van der Waals surface area contributed by atoms with Gasteiger partial charge in [0.25, 0.3) is 5.91 Å². The van der Waals surface area contributed by atoms with Crippen molar-refractivity contribution in [2.24, 2.45) is 5.73 Å². The average molecular weight is 337 g/mol. The second-order valence-corrected chi connectivity index (χ2v) is 5.05. The maximum Gasteiger partial charge on any atom is 0.433 e. The second kappa shape index (κ2) is 6.69. The predicted octanol–water partition coefficient (Wildman–Crippen LogP) is 2.37. The van der Waals surface area contributed by atoms with Gasteiger partial charge >= 0.3 is 6.18 Å². The molecule has 2 amide bonds. The van der Waals surface area contributed by atoms with Crippen LogP contribution in [0, 0.1) is 6.92 Å². The van der Waals surface area contributed by atoms with Crippen LogP contribution in [0.4, 0.5) is 13.2 Å². The third-order valence-corrected chi connectivity index (χ3v) is 3.31. The molecule has 0 radical (unpaired) electrons. The van der Waals surface area contributed by atoms with Gasteiger partial charge in [-0.1, -0.05) is 30.3 Å².